The highest BCUT2D eigenvalue weighted by molar-refractivity contribution is 7.19. The lowest BCUT2D eigenvalue weighted by molar-refractivity contribution is 0.0234. The second-order valence-electron chi connectivity index (χ2n) is 12.8. The largest absolute Gasteiger partial charge is 0.444 e. The number of nitrogens with one attached hydrogen (secondary N) is 2. The molecular formula is C30H38N6O6S2. The molecule has 0 saturated heterocycles. The number of thiophene rings is 2. The fourth-order valence-corrected chi connectivity index (χ4v) is 7.62. The highest BCUT2D eigenvalue weighted by atomic mass is 32.1. The van der Waals surface area contributed by atoms with Crippen molar-refractivity contribution >= 4 is 55.3 Å². The molecule has 12 nitrogen and oxygen atoms in total. The zero-order valence-corrected chi connectivity index (χ0v) is 27.5. The van der Waals surface area contributed by atoms with Crippen LogP contribution in [0.25, 0.3) is 20.4 Å². The third-order valence-electron chi connectivity index (χ3n) is 7.09. The van der Waals surface area contributed by atoms with Crippen LogP contribution in [0.3, 0.4) is 0 Å². The molecule has 0 aliphatic carbocycles. The Labute approximate surface area is 262 Å². The number of aromatic nitrogens is 4. The Morgan fingerprint density at radius 2 is 1.23 bits per heavy atom. The number of hydrogen-bond donors (Lipinski definition) is 2. The van der Waals surface area contributed by atoms with E-state index in [2.05, 4.69) is 19.9 Å². The maximum Gasteiger partial charge on any atom is 0.410 e. The summed E-state index contributed by atoms with van der Waals surface area (Å²) >= 11 is 3.03. The van der Waals surface area contributed by atoms with Gasteiger partial charge in [0.25, 0.3) is 11.1 Å². The summed E-state index contributed by atoms with van der Waals surface area (Å²) in [5.74, 6) is 0. The number of rotatable bonds is 0. The minimum Gasteiger partial charge on any atom is -0.444 e. The minimum atomic E-state index is -0.509. The van der Waals surface area contributed by atoms with Gasteiger partial charge in [0, 0.05) is 29.4 Å². The van der Waals surface area contributed by atoms with Gasteiger partial charge in [0.2, 0.25) is 0 Å². The van der Waals surface area contributed by atoms with E-state index in [0.717, 1.165) is 49.8 Å². The van der Waals surface area contributed by atoms with Crippen molar-refractivity contribution in [3.63, 3.8) is 0 Å². The number of ether oxygens (including phenoxy) is 2. The number of carbonyl (C=O) groups is 2. The van der Waals surface area contributed by atoms with Crippen molar-refractivity contribution in [1.29, 1.82) is 0 Å². The number of nitrogens with zero attached hydrogens (tertiary/aromatic N) is 4. The van der Waals surface area contributed by atoms with Gasteiger partial charge in [-0.1, -0.05) is 0 Å². The summed E-state index contributed by atoms with van der Waals surface area (Å²) in [6.45, 7) is 13.4. The second-order valence-corrected chi connectivity index (χ2v) is 15.0. The molecule has 44 heavy (non-hydrogen) atoms. The molecule has 236 valence electrons. The predicted molar refractivity (Wildman–Crippen MR) is 171 cm³/mol. The number of aromatic amines is 2. The lowest BCUT2D eigenvalue weighted by atomic mass is 10.1. The molecule has 0 unspecified atom stereocenters. The van der Waals surface area contributed by atoms with Crippen molar-refractivity contribution in [1.82, 2.24) is 29.7 Å². The number of carbonyl (C=O) groups excluding carboxylic acids is 2. The molecule has 0 fully saturated rings. The predicted octanol–water partition coefficient (Wildman–Crippen LogP) is 4.99. The first-order chi connectivity index (χ1) is 20.7. The lowest BCUT2D eigenvalue weighted by Gasteiger charge is -2.26. The van der Waals surface area contributed by atoms with E-state index in [0.29, 0.717) is 43.4 Å². The highest BCUT2D eigenvalue weighted by Gasteiger charge is 2.28. The van der Waals surface area contributed by atoms with E-state index in [1.807, 2.05) is 41.5 Å². The Morgan fingerprint density at radius 3 is 1.80 bits per heavy atom. The van der Waals surface area contributed by atoms with Crippen LogP contribution in [0.1, 0.15) is 68.8 Å². The molecule has 6 heterocycles. The van der Waals surface area contributed by atoms with Crippen LogP contribution in [0.2, 0.25) is 0 Å². The first-order valence-corrected chi connectivity index (χ1v) is 16.2. The summed E-state index contributed by atoms with van der Waals surface area (Å²) in [5, 5.41) is 1.35. The van der Waals surface area contributed by atoms with E-state index in [1.54, 1.807) is 21.1 Å². The number of aryl methyl sites for hydroxylation is 1. The van der Waals surface area contributed by atoms with Crippen molar-refractivity contribution < 1.29 is 19.1 Å². The zero-order valence-electron chi connectivity index (χ0n) is 25.9. The molecule has 4 aromatic heterocycles. The van der Waals surface area contributed by atoms with Gasteiger partial charge in [-0.15, -0.1) is 22.7 Å². The van der Waals surface area contributed by atoms with Crippen LogP contribution in [0.15, 0.2) is 22.2 Å². The molecular weight excluding hydrogens is 605 g/mol. The second kappa shape index (κ2) is 12.3. The summed E-state index contributed by atoms with van der Waals surface area (Å²) < 4.78 is 10.9. The van der Waals surface area contributed by atoms with Crippen molar-refractivity contribution in [2.24, 2.45) is 0 Å². The van der Waals surface area contributed by atoms with Crippen molar-refractivity contribution in [3.8, 4) is 0 Å². The van der Waals surface area contributed by atoms with Crippen LogP contribution in [0.4, 0.5) is 9.59 Å². The number of hydrogen-bond acceptors (Lipinski definition) is 10. The third kappa shape index (κ3) is 7.12. The number of H-pyrrole nitrogens is 2. The quantitative estimate of drug-likeness (QED) is 0.272. The van der Waals surface area contributed by atoms with Crippen LogP contribution in [0, 0.1) is 0 Å². The molecule has 0 bridgehead atoms. The van der Waals surface area contributed by atoms with Crippen molar-refractivity contribution in [2.45, 2.75) is 85.0 Å². The first kappa shape index (κ1) is 31.6. The molecule has 0 radical (unpaired) electrons. The van der Waals surface area contributed by atoms with Gasteiger partial charge < -0.3 is 29.2 Å². The van der Waals surface area contributed by atoms with Crippen LogP contribution >= 0.6 is 22.7 Å². The number of amides is 2. The Morgan fingerprint density at radius 1 is 0.727 bits per heavy atom. The van der Waals surface area contributed by atoms with Crippen LogP contribution in [-0.2, 0) is 35.3 Å². The zero-order chi connectivity index (χ0) is 31.8. The molecule has 0 saturated carbocycles. The standard InChI is InChI=1S/2C15H19N3O3S/c1-15(2,3)21-14(20)18-6-4-9-10(5-7-18)22-13-11(9)12(19)16-8-17-13;1-15(2,3)21-14(20)18-6-4-5-9-10(7-18)22-13-11(9)12(19)16-8-17-13/h2*8H,4-7H2,1-3H3,(H,16,17,19). The SMILES string of the molecule is CC(C)(C)OC(=O)N1CCCc2c(sc3nc[nH]c(=O)c23)C1.CC(C)(C)OC(=O)N1CCc2sc3nc[nH]c(=O)c3c2CC1. The van der Waals surface area contributed by atoms with Gasteiger partial charge in [-0.3, -0.25) is 9.59 Å². The third-order valence-corrected chi connectivity index (χ3v) is 9.41. The maximum atomic E-state index is 12.3. The smallest absolute Gasteiger partial charge is 0.410 e. The molecule has 2 aliphatic heterocycles. The van der Waals surface area contributed by atoms with Crippen LogP contribution < -0.4 is 11.1 Å². The molecule has 0 spiro atoms. The van der Waals surface area contributed by atoms with E-state index in [1.165, 1.54) is 24.0 Å². The average Bonchev–Trinajstić information content (AvgIpc) is 3.28. The lowest BCUT2D eigenvalue weighted by Crippen LogP contribution is -2.38. The molecule has 0 atom stereocenters. The van der Waals surface area contributed by atoms with Gasteiger partial charge in [0.15, 0.2) is 0 Å². The van der Waals surface area contributed by atoms with Gasteiger partial charge in [0.1, 0.15) is 20.9 Å². The molecule has 0 aromatic carbocycles. The first-order valence-electron chi connectivity index (χ1n) is 14.6. The monoisotopic (exact) mass is 642 g/mol. The summed E-state index contributed by atoms with van der Waals surface area (Å²) in [7, 11) is 0. The summed E-state index contributed by atoms with van der Waals surface area (Å²) in [6, 6.07) is 0. The Balaban J connectivity index is 0.000000175. The molecule has 2 N–H and O–H groups in total. The highest BCUT2D eigenvalue weighted by Crippen LogP contribution is 2.32. The number of fused-ring (bicyclic) bond motifs is 6. The van der Waals surface area contributed by atoms with E-state index in [4.69, 9.17) is 9.47 Å². The van der Waals surface area contributed by atoms with Crippen LogP contribution in [0.5, 0.6) is 0 Å². The summed E-state index contributed by atoms with van der Waals surface area (Å²) in [5.41, 5.74) is 0.842. The van der Waals surface area contributed by atoms with Crippen molar-refractivity contribution in [2.75, 3.05) is 19.6 Å². The molecule has 6 rings (SSSR count). The molecule has 14 heteroatoms. The van der Waals surface area contributed by atoms with Gasteiger partial charge in [0.05, 0.1) is 30.0 Å². The summed E-state index contributed by atoms with van der Waals surface area (Å²) in [4.78, 5) is 69.4. The van der Waals surface area contributed by atoms with E-state index in [9.17, 15) is 19.2 Å². The Bertz CT molecular complexity index is 1810. The molecule has 2 aliphatic rings. The molecule has 4 aromatic rings. The van der Waals surface area contributed by atoms with Crippen molar-refractivity contribution in [3.05, 3.63) is 54.2 Å². The maximum absolute atomic E-state index is 12.3. The topological polar surface area (TPSA) is 151 Å². The fourth-order valence-electron chi connectivity index (χ4n) is 5.23. The average molecular weight is 643 g/mol. The minimum absolute atomic E-state index is 0.104. The van der Waals surface area contributed by atoms with Gasteiger partial charge in [-0.2, -0.15) is 0 Å². The molecule has 2 amide bonds. The fraction of sp³-hybridized carbons (Fsp3) is 0.533. The van der Waals surface area contributed by atoms with E-state index < -0.39 is 11.2 Å². The van der Waals surface area contributed by atoms with Gasteiger partial charge >= 0.3 is 12.2 Å². The van der Waals surface area contributed by atoms with Gasteiger partial charge in [-0.25, -0.2) is 19.6 Å². The Hall–Kier alpha value is -3.78. The normalized spacial score (nSPS) is 15.5. The summed E-state index contributed by atoms with van der Waals surface area (Å²) in [6.07, 6.45) is 5.24. The van der Waals surface area contributed by atoms with Gasteiger partial charge in [-0.05, 0) is 78.4 Å². The Kier molecular flexibility index (Phi) is 8.85. The van der Waals surface area contributed by atoms with E-state index >= 15 is 0 Å². The van der Waals surface area contributed by atoms with Crippen LogP contribution in [-0.4, -0.2) is 72.8 Å². The van der Waals surface area contributed by atoms with E-state index in [-0.39, 0.29) is 23.3 Å².